The van der Waals surface area contributed by atoms with Crippen LogP contribution in [0.5, 0.6) is 5.75 Å². The fraction of sp³-hybridized carbons (Fsp3) is 0.0625. The molecule has 5 nitrogen and oxygen atoms in total. The number of nitrogens with one attached hydrogen (secondary N) is 1. The molecule has 3 heterocycles. The van der Waals surface area contributed by atoms with E-state index in [2.05, 4.69) is 20.3 Å². The molecule has 0 aliphatic carbocycles. The van der Waals surface area contributed by atoms with Gasteiger partial charge < -0.3 is 10.1 Å². The minimum absolute atomic E-state index is 0.779. The molecule has 22 heavy (non-hydrogen) atoms. The lowest BCUT2D eigenvalue weighted by atomic mass is 10.3. The predicted octanol–water partition coefficient (Wildman–Crippen LogP) is 3.99. The van der Waals surface area contributed by atoms with Crippen molar-refractivity contribution in [2.24, 2.45) is 0 Å². The molecule has 0 fully saturated rings. The van der Waals surface area contributed by atoms with E-state index >= 15 is 0 Å². The van der Waals surface area contributed by atoms with Gasteiger partial charge in [0, 0.05) is 23.3 Å². The van der Waals surface area contributed by atoms with Crippen LogP contribution in [0, 0.1) is 0 Å². The van der Waals surface area contributed by atoms with Gasteiger partial charge >= 0.3 is 0 Å². The first-order valence-corrected chi connectivity index (χ1v) is 7.56. The van der Waals surface area contributed by atoms with Gasteiger partial charge in [-0.05, 0) is 24.3 Å². The summed E-state index contributed by atoms with van der Waals surface area (Å²) < 4.78 is 6.25. The number of anilines is 2. The standard InChI is InChI=1S/C16H12N4OS/c1-21-11-5-2-4-10(8-11)20-15-14-13(18-9-19-15)12-6-3-7-17-16(12)22-14/h2-9H,1H3,(H,18,19,20). The van der Waals surface area contributed by atoms with E-state index < -0.39 is 0 Å². The molecule has 6 heteroatoms. The smallest absolute Gasteiger partial charge is 0.151 e. The number of benzene rings is 1. The molecule has 108 valence electrons. The Hall–Kier alpha value is -2.73. The van der Waals surface area contributed by atoms with E-state index in [-0.39, 0.29) is 0 Å². The Morgan fingerprint density at radius 1 is 1.09 bits per heavy atom. The number of hydrogen-bond donors (Lipinski definition) is 1. The number of nitrogens with zero attached hydrogens (tertiary/aromatic N) is 3. The van der Waals surface area contributed by atoms with E-state index in [0.717, 1.165) is 37.7 Å². The Bertz CT molecular complexity index is 967. The number of aromatic nitrogens is 3. The van der Waals surface area contributed by atoms with Crippen molar-refractivity contribution in [3.8, 4) is 5.75 Å². The first kappa shape index (κ1) is 13.0. The summed E-state index contributed by atoms with van der Waals surface area (Å²) in [4.78, 5) is 14.1. The van der Waals surface area contributed by atoms with Crippen LogP contribution < -0.4 is 10.1 Å². The molecule has 0 bridgehead atoms. The number of thiophene rings is 1. The van der Waals surface area contributed by atoms with Crippen LogP contribution >= 0.6 is 11.3 Å². The molecule has 0 atom stereocenters. The fourth-order valence-electron chi connectivity index (χ4n) is 2.34. The lowest BCUT2D eigenvalue weighted by molar-refractivity contribution is 0.415. The third-order valence-corrected chi connectivity index (χ3v) is 4.47. The molecule has 0 unspecified atom stereocenters. The number of rotatable bonds is 3. The maximum atomic E-state index is 5.25. The Morgan fingerprint density at radius 2 is 2.05 bits per heavy atom. The Labute approximate surface area is 130 Å². The summed E-state index contributed by atoms with van der Waals surface area (Å²) in [5.41, 5.74) is 1.85. The fourth-order valence-corrected chi connectivity index (χ4v) is 3.38. The maximum absolute atomic E-state index is 5.25. The predicted molar refractivity (Wildman–Crippen MR) is 89.0 cm³/mol. The highest BCUT2D eigenvalue weighted by Gasteiger charge is 2.11. The van der Waals surface area contributed by atoms with Crippen LogP contribution in [0.2, 0.25) is 0 Å². The monoisotopic (exact) mass is 308 g/mol. The lowest BCUT2D eigenvalue weighted by Gasteiger charge is -2.07. The largest absolute Gasteiger partial charge is 0.497 e. The van der Waals surface area contributed by atoms with Gasteiger partial charge in [-0.3, -0.25) is 0 Å². The van der Waals surface area contributed by atoms with E-state index in [4.69, 9.17) is 4.74 Å². The molecular formula is C16H12N4OS. The Morgan fingerprint density at radius 3 is 2.95 bits per heavy atom. The highest BCUT2D eigenvalue weighted by molar-refractivity contribution is 7.25. The SMILES string of the molecule is COc1cccc(Nc2ncnc3c2sc2ncccc23)c1. The molecule has 1 N–H and O–H groups in total. The third kappa shape index (κ3) is 2.14. The third-order valence-electron chi connectivity index (χ3n) is 3.36. The zero-order chi connectivity index (χ0) is 14.9. The molecule has 3 aromatic heterocycles. The summed E-state index contributed by atoms with van der Waals surface area (Å²) in [6.45, 7) is 0. The minimum atomic E-state index is 0.779. The zero-order valence-electron chi connectivity index (χ0n) is 11.8. The van der Waals surface area contributed by atoms with Crippen LogP contribution in [0.3, 0.4) is 0 Å². The van der Waals surface area contributed by atoms with Gasteiger partial charge in [-0.2, -0.15) is 0 Å². The number of hydrogen-bond acceptors (Lipinski definition) is 6. The highest BCUT2D eigenvalue weighted by Crippen LogP contribution is 2.35. The van der Waals surface area contributed by atoms with E-state index in [1.807, 2.05) is 36.4 Å². The molecule has 0 radical (unpaired) electrons. The quantitative estimate of drug-likeness (QED) is 0.620. The van der Waals surface area contributed by atoms with Crippen LogP contribution in [0.1, 0.15) is 0 Å². The lowest BCUT2D eigenvalue weighted by Crippen LogP contribution is -1.94. The first-order valence-electron chi connectivity index (χ1n) is 6.74. The van der Waals surface area contributed by atoms with E-state index in [1.165, 1.54) is 0 Å². The van der Waals surface area contributed by atoms with Gasteiger partial charge in [-0.15, -0.1) is 11.3 Å². The van der Waals surface area contributed by atoms with Gasteiger partial charge in [0.1, 0.15) is 16.9 Å². The number of fused-ring (bicyclic) bond motifs is 3. The van der Waals surface area contributed by atoms with Crippen LogP contribution in [0.15, 0.2) is 48.9 Å². The maximum Gasteiger partial charge on any atom is 0.151 e. The van der Waals surface area contributed by atoms with Crippen molar-refractivity contribution in [2.75, 3.05) is 12.4 Å². The molecule has 0 amide bonds. The van der Waals surface area contributed by atoms with E-state index in [9.17, 15) is 0 Å². The highest BCUT2D eigenvalue weighted by atomic mass is 32.1. The summed E-state index contributed by atoms with van der Waals surface area (Å²) in [7, 11) is 1.65. The molecular weight excluding hydrogens is 296 g/mol. The van der Waals surface area contributed by atoms with Crippen molar-refractivity contribution in [3.05, 3.63) is 48.9 Å². The molecule has 0 saturated heterocycles. The molecule has 4 aromatic rings. The molecule has 4 rings (SSSR count). The van der Waals surface area contributed by atoms with Crippen molar-refractivity contribution >= 4 is 43.3 Å². The van der Waals surface area contributed by atoms with Crippen LogP contribution in [0.4, 0.5) is 11.5 Å². The van der Waals surface area contributed by atoms with Crippen molar-refractivity contribution in [1.29, 1.82) is 0 Å². The average molecular weight is 308 g/mol. The topological polar surface area (TPSA) is 59.9 Å². The van der Waals surface area contributed by atoms with Crippen molar-refractivity contribution in [2.45, 2.75) is 0 Å². The summed E-state index contributed by atoms with van der Waals surface area (Å²) in [5.74, 6) is 1.58. The average Bonchev–Trinajstić information content (AvgIpc) is 2.95. The van der Waals surface area contributed by atoms with Crippen molar-refractivity contribution < 1.29 is 4.74 Å². The molecule has 0 aliphatic rings. The second-order valence-corrected chi connectivity index (χ2v) is 5.71. The van der Waals surface area contributed by atoms with Crippen LogP contribution in [0.25, 0.3) is 20.4 Å². The summed E-state index contributed by atoms with van der Waals surface area (Å²) >= 11 is 1.59. The van der Waals surface area contributed by atoms with Gasteiger partial charge in [0.05, 0.1) is 17.3 Å². The second-order valence-electron chi connectivity index (χ2n) is 4.72. The molecule has 0 spiro atoms. The van der Waals surface area contributed by atoms with Crippen LogP contribution in [-0.4, -0.2) is 22.1 Å². The first-order chi connectivity index (χ1) is 10.8. The number of methoxy groups -OCH3 is 1. The van der Waals surface area contributed by atoms with Crippen LogP contribution in [-0.2, 0) is 0 Å². The zero-order valence-corrected chi connectivity index (χ0v) is 12.6. The Kier molecular flexibility index (Phi) is 3.08. The van der Waals surface area contributed by atoms with E-state index in [1.54, 1.807) is 31.0 Å². The summed E-state index contributed by atoms with van der Waals surface area (Å²) in [5, 5.41) is 4.39. The van der Waals surface area contributed by atoms with Gasteiger partial charge in [0.15, 0.2) is 5.82 Å². The van der Waals surface area contributed by atoms with Gasteiger partial charge in [-0.1, -0.05) is 6.07 Å². The second kappa shape index (κ2) is 5.23. The molecule has 1 aromatic carbocycles. The summed E-state index contributed by atoms with van der Waals surface area (Å²) in [6, 6.07) is 11.7. The van der Waals surface area contributed by atoms with Gasteiger partial charge in [-0.25, -0.2) is 15.0 Å². The van der Waals surface area contributed by atoms with Crippen molar-refractivity contribution in [3.63, 3.8) is 0 Å². The molecule has 0 aliphatic heterocycles. The number of ether oxygens (including phenoxy) is 1. The number of pyridine rings is 1. The molecule has 0 saturated carbocycles. The van der Waals surface area contributed by atoms with E-state index in [0.29, 0.717) is 0 Å². The Balaban J connectivity index is 1.84. The normalized spacial score (nSPS) is 11.0. The van der Waals surface area contributed by atoms with Gasteiger partial charge in [0.2, 0.25) is 0 Å². The summed E-state index contributed by atoms with van der Waals surface area (Å²) in [6.07, 6.45) is 3.37. The minimum Gasteiger partial charge on any atom is -0.497 e. The van der Waals surface area contributed by atoms with Crippen molar-refractivity contribution in [1.82, 2.24) is 15.0 Å². The van der Waals surface area contributed by atoms with Gasteiger partial charge in [0.25, 0.3) is 0 Å².